The van der Waals surface area contributed by atoms with Gasteiger partial charge in [-0.3, -0.25) is 0 Å². The predicted octanol–water partition coefficient (Wildman–Crippen LogP) is 1.72. The molecule has 0 aliphatic carbocycles. The van der Waals surface area contributed by atoms with Crippen molar-refractivity contribution in [3.63, 3.8) is 0 Å². The highest BCUT2D eigenvalue weighted by molar-refractivity contribution is 8.00. The zero-order chi connectivity index (χ0) is 13.3. The van der Waals surface area contributed by atoms with Gasteiger partial charge in [0, 0.05) is 35.0 Å². The van der Waals surface area contributed by atoms with Crippen molar-refractivity contribution < 1.29 is 8.42 Å². The second-order valence-corrected chi connectivity index (χ2v) is 9.13. The molecule has 0 saturated carbocycles. The average molecular weight is 306 g/mol. The molecule has 2 rings (SSSR count). The molecule has 0 aromatic carbocycles. The highest BCUT2D eigenvalue weighted by Crippen LogP contribution is 2.31. The Labute approximate surface area is 117 Å². The normalized spacial score (nSPS) is 26.4. The molecule has 1 saturated heterocycles. The van der Waals surface area contributed by atoms with Crippen molar-refractivity contribution in [3.05, 3.63) is 17.0 Å². The Hall–Kier alpha value is -0.0800. The van der Waals surface area contributed by atoms with E-state index in [-0.39, 0.29) is 6.04 Å². The monoisotopic (exact) mass is 306 g/mol. The lowest BCUT2D eigenvalue weighted by atomic mass is 10.2. The van der Waals surface area contributed by atoms with Crippen LogP contribution in [0.3, 0.4) is 0 Å². The summed E-state index contributed by atoms with van der Waals surface area (Å²) in [6.45, 7) is 5.04. The first kappa shape index (κ1) is 14.3. The quantitative estimate of drug-likeness (QED) is 0.923. The third-order valence-electron chi connectivity index (χ3n) is 3.23. The summed E-state index contributed by atoms with van der Waals surface area (Å²) in [5.74, 6) is 0.861. The molecule has 2 unspecified atom stereocenters. The number of sulfonamides is 1. The maximum Gasteiger partial charge on any atom is 0.252 e. The fourth-order valence-corrected chi connectivity index (χ4v) is 6.33. The van der Waals surface area contributed by atoms with Gasteiger partial charge in [0.05, 0.1) is 0 Å². The van der Waals surface area contributed by atoms with Gasteiger partial charge >= 0.3 is 0 Å². The average Bonchev–Trinajstić information content (AvgIpc) is 2.81. The lowest BCUT2D eigenvalue weighted by Crippen LogP contribution is -2.47. The summed E-state index contributed by atoms with van der Waals surface area (Å²) in [4.78, 5) is 0.903. The molecule has 0 bridgehead atoms. The molecule has 1 aromatic rings. The summed E-state index contributed by atoms with van der Waals surface area (Å²) in [5.41, 5.74) is 5.53. The Morgan fingerprint density at radius 3 is 2.78 bits per heavy atom. The van der Waals surface area contributed by atoms with Crippen molar-refractivity contribution in [2.24, 2.45) is 5.73 Å². The fraction of sp³-hybridized carbons (Fsp3) is 0.636. The van der Waals surface area contributed by atoms with Gasteiger partial charge in [-0.25, -0.2) is 8.42 Å². The number of hydrogen-bond donors (Lipinski definition) is 1. The first-order valence-corrected chi connectivity index (χ1v) is 9.19. The Morgan fingerprint density at radius 1 is 1.44 bits per heavy atom. The predicted molar refractivity (Wildman–Crippen MR) is 77.5 cm³/mol. The minimum atomic E-state index is -3.35. The Kier molecular flexibility index (Phi) is 4.38. The van der Waals surface area contributed by atoms with Crippen LogP contribution < -0.4 is 5.73 Å². The largest absolute Gasteiger partial charge is 0.326 e. The van der Waals surface area contributed by atoms with Crippen LogP contribution in [0.25, 0.3) is 0 Å². The highest BCUT2D eigenvalue weighted by atomic mass is 32.2. The van der Waals surface area contributed by atoms with E-state index in [2.05, 4.69) is 6.92 Å². The number of nitrogens with two attached hydrogens (primary N) is 1. The van der Waals surface area contributed by atoms with E-state index in [0.717, 1.165) is 10.6 Å². The first-order valence-electron chi connectivity index (χ1n) is 5.89. The fourth-order valence-electron chi connectivity index (χ4n) is 1.97. The summed E-state index contributed by atoms with van der Waals surface area (Å²) in [5, 5.41) is 0.336. The van der Waals surface area contributed by atoms with Gasteiger partial charge in [0.15, 0.2) is 0 Å². The molecule has 1 aliphatic rings. The van der Waals surface area contributed by atoms with Gasteiger partial charge in [-0.05, 0) is 19.1 Å². The third-order valence-corrected chi connectivity index (χ3v) is 8.13. The van der Waals surface area contributed by atoms with Crippen molar-refractivity contribution in [3.8, 4) is 0 Å². The van der Waals surface area contributed by atoms with E-state index in [0.29, 0.717) is 22.5 Å². The maximum atomic E-state index is 12.6. The zero-order valence-electron chi connectivity index (χ0n) is 10.5. The molecule has 4 nitrogen and oxygen atoms in total. The van der Waals surface area contributed by atoms with Crippen LogP contribution in [0.1, 0.15) is 18.7 Å². The molecule has 18 heavy (non-hydrogen) atoms. The summed E-state index contributed by atoms with van der Waals surface area (Å²) < 4.78 is 27.2. The van der Waals surface area contributed by atoms with E-state index >= 15 is 0 Å². The third kappa shape index (κ3) is 2.60. The lowest BCUT2D eigenvalue weighted by Gasteiger charge is -2.35. The van der Waals surface area contributed by atoms with Gasteiger partial charge in [0.1, 0.15) is 4.21 Å². The second-order valence-electron chi connectivity index (χ2n) is 4.36. The van der Waals surface area contributed by atoms with E-state index in [1.807, 2.05) is 18.7 Å². The van der Waals surface area contributed by atoms with Crippen molar-refractivity contribution in [2.75, 3.05) is 12.3 Å². The van der Waals surface area contributed by atoms with Gasteiger partial charge in [0.25, 0.3) is 10.0 Å². The van der Waals surface area contributed by atoms with Crippen LogP contribution in [-0.4, -0.2) is 36.3 Å². The van der Waals surface area contributed by atoms with Crippen molar-refractivity contribution in [2.45, 2.75) is 35.9 Å². The summed E-state index contributed by atoms with van der Waals surface area (Å²) in [6.07, 6.45) is 0. The van der Waals surface area contributed by atoms with Crippen LogP contribution >= 0.6 is 23.1 Å². The minimum absolute atomic E-state index is 0.0391. The van der Waals surface area contributed by atoms with E-state index in [9.17, 15) is 8.42 Å². The highest BCUT2D eigenvalue weighted by Gasteiger charge is 2.35. The van der Waals surface area contributed by atoms with Crippen molar-refractivity contribution in [1.29, 1.82) is 0 Å². The standard InChI is InChI=1S/C11H18N2O2S3/c1-8-9(2)16-6-5-13(8)18(14,15)11-4-3-10(7-12)17-11/h3-4,8-9H,5-7,12H2,1-2H3. The van der Waals surface area contributed by atoms with Crippen LogP contribution in [0.2, 0.25) is 0 Å². The second kappa shape index (κ2) is 5.50. The smallest absolute Gasteiger partial charge is 0.252 e. The molecule has 2 N–H and O–H groups in total. The van der Waals surface area contributed by atoms with Gasteiger partial charge in [-0.15, -0.1) is 11.3 Å². The summed E-state index contributed by atoms with van der Waals surface area (Å²) in [6, 6.07) is 3.50. The minimum Gasteiger partial charge on any atom is -0.326 e. The molecule has 102 valence electrons. The first-order chi connectivity index (χ1) is 8.46. The van der Waals surface area contributed by atoms with E-state index in [1.165, 1.54) is 11.3 Å². The van der Waals surface area contributed by atoms with Crippen LogP contribution in [0.5, 0.6) is 0 Å². The number of hydrogen-bond acceptors (Lipinski definition) is 5. The van der Waals surface area contributed by atoms with Crippen molar-refractivity contribution in [1.82, 2.24) is 4.31 Å². The molecule has 0 amide bonds. The Morgan fingerprint density at radius 2 is 2.17 bits per heavy atom. The molecule has 0 radical (unpaired) electrons. The molecule has 1 fully saturated rings. The Bertz CT molecular complexity index is 512. The van der Waals surface area contributed by atoms with Crippen LogP contribution in [-0.2, 0) is 16.6 Å². The van der Waals surface area contributed by atoms with Gasteiger partial charge in [-0.1, -0.05) is 6.92 Å². The molecular weight excluding hydrogens is 288 g/mol. The Balaban J connectivity index is 2.30. The van der Waals surface area contributed by atoms with Crippen LogP contribution in [0.4, 0.5) is 0 Å². The van der Waals surface area contributed by atoms with Crippen LogP contribution in [0.15, 0.2) is 16.3 Å². The number of thioether (sulfide) groups is 1. The van der Waals surface area contributed by atoms with Crippen molar-refractivity contribution >= 4 is 33.1 Å². The zero-order valence-corrected chi connectivity index (χ0v) is 12.9. The molecule has 1 aliphatic heterocycles. The summed E-state index contributed by atoms with van der Waals surface area (Å²) in [7, 11) is -3.35. The molecule has 0 spiro atoms. The number of thiophene rings is 1. The molecule has 7 heteroatoms. The maximum absolute atomic E-state index is 12.6. The SMILES string of the molecule is CC1SCCN(S(=O)(=O)c2ccc(CN)s2)C1C. The van der Waals surface area contributed by atoms with E-state index in [1.54, 1.807) is 16.4 Å². The number of rotatable bonds is 3. The molecule has 2 atom stereocenters. The van der Waals surface area contributed by atoms with Crippen LogP contribution in [0, 0.1) is 0 Å². The number of nitrogens with zero attached hydrogens (tertiary/aromatic N) is 1. The molecular formula is C11H18N2O2S3. The van der Waals surface area contributed by atoms with E-state index in [4.69, 9.17) is 5.73 Å². The van der Waals surface area contributed by atoms with Gasteiger partial charge in [-0.2, -0.15) is 16.1 Å². The topological polar surface area (TPSA) is 63.4 Å². The molecule has 1 aromatic heterocycles. The van der Waals surface area contributed by atoms with Gasteiger partial charge < -0.3 is 5.73 Å². The van der Waals surface area contributed by atoms with E-state index < -0.39 is 10.0 Å². The summed E-state index contributed by atoms with van der Waals surface area (Å²) >= 11 is 3.10. The molecule has 2 heterocycles. The lowest BCUT2D eigenvalue weighted by molar-refractivity contribution is 0.341. The van der Waals surface area contributed by atoms with Gasteiger partial charge in [0.2, 0.25) is 0 Å².